The molecular formula is C19H25N3O2S. The minimum Gasteiger partial charge on any atom is -0.330 e. The molecule has 134 valence electrons. The molecule has 5 nitrogen and oxygen atoms in total. The second kappa shape index (κ2) is 5.79. The maximum Gasteiger partial charge on any atom is 0.245 e. The van der Waals surface area contributed by atoms with Crippen molar-refractivity contribution in [2.75, 3.05) is 11.9 Å². The molecular weight excluding hydrogens is 334 g/mol. The number of rotatable bonds is 5. The fraction of sp³-hybridized carbons (Fsp3) is 0.737. The van der Waals surface area contributed by atoms with Crippen LogP contribution in [-0.4, -0.2) is 34.3 Å². The standard InChI is InChI=1S/C19H25N3O2S/c23-16(21-18-20-3-4-25-18)11-22(15-1-2-15)17(24)19-8-12-5-13(9-19)7-14(6-12)10-19/h3-4,12-15H,1-2,5-11H2,(H,20,21,23). The molecule has 0 atom stereocenters. The van der Waals surface area contributed by atoms with E-state index in [9.17, 15) is 9.59 Å². The van der Waals surface area contributed by atoms with Crippen LogP contribution < -0.4 is 5.32 Å². The molecule has 6 heteroatoms. The summed E-state index contributed by atoms with van der Waals surface area (Å²) in [6, 6.07) is 0.280. The number of nitrogens with zero attached hydrogens (tertiary/aromatic N) is 2. The topological polar surface area (TPSA) is 62.3 Å². The first kappa shape index (κ1) is 15.8. The number of hydrogen-bond donors (Lipinski definition) is 1. The largest absolute Gasteiger partial charge is 0.330 e. The van der Waals surface area contributed by atoms with Crippen LogP contribution in [0.1, 0.15) is 51.4 Å². The number of nitrogens with one attached hydrogen (secondary N) is 1. The summed E-state index contributed by atoms with van der Waals surface area (Å²) in [6.07, 6.45) is 11.0. The third-order valence-corrected chi connectivity index (χ3v) is 7.42. The van der Waals surface area contributed by atoms with Gasteiger partial charge in [-0.15, -0.1) is 11.3 Å². The van der Waals surface area contributed by atoms with Crippen molar-refractivity contribution in [3.8, 4) is 0 Å². The fourth-order valence-electron chi connectivity index (χ4n) is 6.03. The number of carbonyl (C=O) groups is 2. The van der Waals surface area contributed by atoms with Crippen molar-refractivity contribution in [2.45, 2.75) is 57.4 Å². The van der Waals surface area contributed by atoms with Gasteiger partial charge >= 0.3 is 0 Å². The van der Waals surface area contributed by atoms with Crippen LogP contribution >= 0.6 is 11.3 Å². The zero-order valence-electron chi connectivity index (χ0n) is 14.4. The van der Waals surface area contributed by atoms with Gasteiger partial charge in [-0.1, -0.05) is 0 Å². The normalized spacial score (nSPS) is 35.6. The van der Waals surface area contributed by atoms with E-state index >= 15 is 0 Å². The minimum atomic E-state index is -0.154. The molecule has 5 fully saturated rings. The molecule has 6 rings (SSSR count). The Bertz CT molecular complexity index is 648. The van der Waals surface area contributed by atoms with Crippen LogP contribution in [0.15, 0.2) is 11.6 Å². The van der Waals surface area contributed by atoms with Gasteiger partial charge in [0.05, 0.1) is 5.41 Å². The van der Waals surface area contributed by atoms with E-state index < -0.39 is 0 Å². The highest BCUT2D eigenvalue weighted by atomic mass is 32.1. The zero-order chi connectivity index (χ0) is 17.0. The summed E-state index contributed by atoms with van der Waals surface area (Å²) in [7, 11) is 0. The molecule has 0 radical (unpaired) electrons. The smallest absolute Gasteiger partial charge is 0.245 e. The second-order valence-electron chi connectivity index (χ2n) is 8.75. The average molecular weight is 359 g/mol. The fourth-order valence-corrected chi connectivity index (χ4v) is 6.57. The van der Waals surface area contributed by atoms with Crippen LogP contribution in [0.3, 0.4) is 0 Å². The number of carbonyl (C=O) groups excluding carboxylic acids is 2. The van der Waals surface area contributed by atoms with Crippen molar-refractivity contribution in [3.63, 3.8) is 0 Å². The molecule has 1 heterocycles. The number of aromatic nitrogens is 1. The van der Waals surface area contributed by atoms with Crippen molar-refractivity contribution < 1.29 is 9.59 Å². The third-order valence-electron chi connectivity index (χ3n) is 6.73. The van der Waals surface area contributed by atoms with Crippen LogP contribution in [0.2, 0.25) is 0 Å². The summed E-state index contributed by atoms with van der Waals surface area (Å²) in [5, 5.41) is 5.29. The van der Waals surface area contributed by atoms with Gasteiger partial charge in [-0.3, -0.25) is 9.59 Å². The highest BCUT2D eigenvalue weighted by Gasteiger charge is 2.56. The second-order valence-corrected chi connectivity index (χ2v) is 9.64. The van der Waals surface area contributed by atoms with Gasteiger partial charge in [-0.25, -0.2) is 4.98 Å². The summed E-state index contributed by atoms with van der Waals surface area (Å²) in [5.74, 6) is 2.42. The lowest BCUT2D eigenvalue weighted by Gasteiger charge is -2.56. The Labute approximate surface area is 152 Å². The van der Waals surface area contributed by atoms with Crippen molar-refractivity contribution in [1.29, 1.82) is 0 Å². The summed E-state index contributed by atoms with van der Waals surface area (Å²) >= 11 is 1.41. The Morgan fingerprint density at radius 3 is 2.32 bits per heavy atom. The predicted octanol–water partition coefficient (Wildman–Crippen LogP) is 3.29. The summed E-state index contributed by atoms with van der Waals surface area (Å²) in [4.78, 5) is 32.0. The molecule has 5 aliphatic rings. The monoisotopic (exact) mass is 359 g/mol. The molecule has 0 aromatic carbocycles. The molecule has 1 aromatic heterocycles. The Balaban J connectivity index is 1.32. The van der Waals surface area contributed by atoms with E-state index in [0.29, 0.717) is 5.13 Å². The Kier molecular flexibility index (Phi) is 3.66. The maximum absolute atomic E-state index is 13.5. The summed E-state index contributed by atoms with van der Waals surface area (Å²) < 4.78 is 0. The number of thiazole rings is 1. The molecule has 1 aromatic rings. The van der Waals surface area contributed by atoms with E-state index in [-0.39, 0.29) is 29.8 Å². The van der Waals surface area contributed by atoms with E-state index in [2.05, 4.69) is 10.3 Å². The first-order chi connectivity index (χ1) is 12.1. The first-order valence-electron chi connectivity index (χ1n) is 9.62. The van der Waals surface area contributed by atoms with Gasteiger partial charge in [-0.05, 0) is 69.1 Å². The van der Waals surface area contributed by atoms with Crippen molar-refractivity contribution in [1.82, 2.24) is 9.88 Å². The van der Waals surface area contributed by atoms with Gasteiger partial charge < -0.3 is 10.2 Å². The van der Waals surface area contributed by atoms with Crippen molar-refractivity contribution in [3.05, 3.63) is 11.6 Å². The van der Waals surface area contributed by atoms with E-state index in [1.54, 1.807) is 6.20 Å². The van der Waals surface area contributed by atoms with Crippen LogP contribution in [0.4, 0.5) is 5.13 Å². The molecule has 4 bridgehead atoms. The molecule has 0 aliphatic heterocycles. The van der Waals surface area contributed by atoms with Crippen LogP contribution in [0, 0.1) is 23.2 Å². The van der Waals surface area contributed by atoms with Gasteiger partial charge in [0.1, 0.15) is 6.54 Å². The molecule has 1 N–H and O–H groups in total. The number of anilines is 1. The molecule has 5 aliphatic carbocycles. The van der Waals surface area contributed by atoms with Gasteiger partial charge in [0.15, 0.2) is 5.13 Å². The van der Waals surface area contributed by atoms with E-state index in [4.69, 9.17) is 0 Å². The lowest BCUT2D eigenvalue weighted by atomic mass is 9.49. The van der Waals surface area contributed by atoms with Crippen molar-refractivity contribution in [2.24, 2.45) is 23.2 Å². The Hall–Kier alpha value is -1.43. The van der Waals surface area contributed by atoms with Crippen LogP contribution in [0.5, 0.6) is 0 Å². The molecule has 25 heavy (non-hydrogen) atoms. The summed E-state index contributed by atoms with van der Waals surface area (Å²) in [6.45, 7) is 0.185. The lowest BCUT2D eigenvalue weighted by molar-refractivity contribution is -0.159. The van der Waals surface area contributed by atoms with E-state index in [1.807, 2.05) is 10.3 Å². The minimum absolute atomic E-state index is 0.111. The first-order valence-corrected chi connectivity index (χ1v) is 10.5. The molecule has 0 spiro atoms. The van der Waals surface area contributed by atoms with E-state index in [0.717, 1.165) is 49.9 Å². The van der Waals surface area contributed by atoms with Gasteiger partial charge in [0.2, 0.25) is 11.8 Å². The summed E-state index contributed by atoms with van der Waals surface area (Å²) in [5.41, 5.74) is -0.154. The highest BCUT2D eigenvalue weighted by molar-refractivity contribution is 7.13. The predicted molar refractivity (Wildman–Crippen MR) is 96.1 cm³/mol. The number of hydrogen-bond acceptors (Lipinski definition) is 4. The molecule has 2 amide bonds. The van der Waals surface area contributed by atoms with Crippen LogP contribution in [0.25, 0.3) is 0 Å². The quantitative estimate of drug-likeness (QED) is 0.877. The highest BCUT2D eigenvalue weighted by Crippen LogP contribution is 2.60. The molecule has 0 unspecified atom stereocenters. The van der Waals surface area contributed by atoms with Gasteiger partial charge in [-0.2, -0.15) is 0 Å². The average Bonchev–Trinajstić information content (AvgIpc) is 3.28. The molecule has 0 saturated heterocycles. The van der Waals surface area contributed by atoms with Gasteiger partial charge in [0.25, 0.3) is 0 Å². The SMILES string of the molecule is O=C(CN(C(=O)C12CC3CC(CC(C3)C1)C2)C1CC1)Nc1nccs1. The Morgan fingerprint density at radius 1 is 1.16 bits per heavy atom. The van der Waals surface area contributed by atoms with E-state index in [1.165, 1.54) is 30.6 Å². The van der Waals surface area contributed by atoms with Gasteiger partial charge in [0, 0.05) is 17.6 Å². The molecule has 5 saturated carbocycles. The zero-order valence-corrected chi connectivity index (χ0v) is 15.3. The third kappa shape index (κ3) is 2.88. The van der Waals surface area contributed by atoms with Crippen LogP contribution in [-0.2, 0) is 9.59 Å². The lowest BCUT2D eigenvalue weighted by Crippen LogP contribution is -2.56. The Morgan fingerprint density at radius 2 is 1.80 bits per heavy atom. The number of amides is 2. The van der Waals surface area contributed by atoms with Crippen molar-refractivity contribution >= 4 is 28.3 Å². The maximum atomic E-state index is 13.5.